The third kappa shape index (κ3) is 6.84. The number of rotatable bonds is 9. The fourth-order valence-electron chi connectivity index (χ4n) is 2.24. The topological polar surface area (TPSA) is 0 Å². The van der Waals surface area contributed by atoms with E-state index in [0.717, 1.165) is 0 Å². The molecule has 0 saturated carbocycles. The number of unbranched alkanes of at least 4 members (excludes halogenated alkanes) is 3. The normalized spacial score (nSPS) is 11.1. The number of hydrogen-bond acceptors (Lipinski definition) is 0. The monoisotopic (exact) mass is 327 g/mol. The Balaban J connectivity index is 4.50. The molecule has 0 heterocycles. The van der Waals surface area contributed by atoms with Gasteiger partial charge in [-0.2, -0.15) is 0 Å². The second kappa shape index (κ2) is 10.5. The molecule has 0 saturated heterocycles. The van der Waals surface area contributed by atoms with Crippen LogP contribution in [0.3, 0.4) is 0 Å². The molecule has 0 aliphatic carbocycles. The van der Waals surface area contributed by atoms with Crippen molar-refractivity contribution in [1.29, 1.82) is 0 Å². The van der Waals surface area contributed by atoms with Crippen LogP contribution in [-0.4, -0.2) is 22.5 Å². The summed E-state index contributed by atoms with van der Waals surface area (Å²) in [6, 6.07) is 0. The van der Waals surface area contributed by atoms with Crippen LogP contribution in [0.4, 0.5) is 0 Å². The van der Waals surface area contributed by atoms with Crippen LogP contribution in [0.2, 0.25) is 0 Å². The second-order valence-corrected chi connectivity index (χ2v) is 5.55. The van der Waals surface area contributed by atoms with E-state index in [9.17, 15) is 0 Å². The van der Waals surface area contributed by atoms with Gasteiger partial charge in [0.25, 0.3) is 0 Å². The number of hydrogen-bond donors (Lipinski definition) is 0. The first-order valence-electron chi connectivity index (χ1n) is 6.93. The van der Waals surface area contributed by atoms with Crippen molar-refractivity contribution in [3.8, 4) is 9.86 Å². The van der Waals surface area contributed by atoms with Gasteiger partial charge in [-0.25, -0.2) is 0 Å². The summed E-state index contributed by atoms with van der Waals surface area (Å²) in [5, 5.41) is 0. The maximum absolute atomic E-state index is 3.59. The third-order valence-corrected chi connectivity index (χ3v) is 3.71. The summed E-state index contributed by atoms with van der Waals surface area (Å²) in [4.78, 5) is 0. The van der Waals surface area contributed by atoms with Crippen molar-refractivity contribution in [2.24, 2.45) is 5.41 Å². The van der Waals surface area contributed by atoms with E-state index in [2.05, 4.69) is 30.6 Å². The first kappa shape index (κ1) is 16.4. The van der Waals surface area contributed by atoms with Crippen LogP contribution in [0.5, 0.6) is 0 Å². The summed E-state index contributed by atoms with van der Waals surface area (Å²) in [6.07, 6.45) is 11.9. The Hall–Kier alpha value is 0.359. The summed E-state index contributed by atoms with van der Waals surface area (Å²) in [6.45, 7) is 6.86. The Morgan fingerprint density at radius 3 is 1.44 bits per heavy atom. The summed E-state index contributed by atoms with van der Waals surface area (Å²) in [5.74, 6) is 3.59. The van der Waals surface area contributed by atoms with E-state index < -0.39 is 0 Å². The van der Waals surface area contributed by atoms with E-state index in [4.69, 9.17) is 0 Å². The fourth-order valence-corrected chi connectivity index (χ4v) is 3.00. The van der Waals surface area contributed by atoms with E-state index in [-0.39, 0.29) is 0 Å². The Morgan fingerprint density at radius 1 is 0.812 bits per heavy atom. The minimum absolute atomic E-state index is 0.367. The van der Waals surface area contributed by atoms with Crippen molar-refractivity contribution in [2.75, 3.05) is 0 Å². The fraction of sp³-hybridized carbons (Fsp3) is 0.867. The zero-order valence-corrected chi connectivity index (χ0v) is 14.2. The molecular formula is C15H27Sn+3. The zero-order chi connectivity index (χ0) is 12.3. The molecule has 0 fully saturated rings. The standard InChI is InChI=1S/C15H27.Sn/c1-5-9-12-15(8-4,13-10-6-2)14-11-7-3;/h5-7,9-14H2,1-3H3;/q;+3. The molecule has 0 radical (unpaired) electrons. The van der Waals surface area contributed by atoms with Crippen LogP contribution in [0, 0.1) is 15.3 Å². The molecule has 0 aromatic heterocycles. The molecule has 0 aromatic carbocycles. The van der Waals surface area contributed by atoms with Crippen LogP contribution < -0.4 is 0 Å². The van der Waals surface area contributed by atoms with Gasteiger partial charge in [0.2, 0.25) is 0 Å². The van der Waals surface area contributed by atoms with Crippen molar-refractivity contribution in [1.82, 2.24) is 0 Å². The van der Waals surface area contributed by atoms with Crippen molar-refractivity contribution in [2.45, 2.75) is 78.6 Å². The molecule has 0 bridgehead atoms. The molecule has 0 aromatic rings. The minimum atomic E-state index is 0.367. The average Bonchev–Trinajstić information content (AvgIpc) is 2.31. The van der Waals surface area contributed by atoms with Crippen molar-refractivity contribution in [3.63, 3.8) is 0 Å². The molecule has 0 aliphatic heterocycles. The molecule has 88 valence electrons. The Bertz CT molecular complexity index is 187. The molecule has 1 heteroatoms. The predicted molar refractivity (Wildman–Crippen MR) is 74.5 cm³/mol. The van der Waals surface area contributed by atoms with Gasteiger partial charge in [0.05, 0.1) is 0 Å². The van der Waals surface area contributed by atoms with Crippen LogP contribution in [-0.2, 0) is 0 Å². The van der Waals surface area contributed by atoms with Gasteiger partial charge in [-0.1, -0.05) is 0 Å². The first-order valence-corrected chi connectivity index (χ1v) is 8.36. The van der Waals surface area contributed by atoms with Crippen molar-refractivity contribution >= 4 is 22.5 Å². The van der Waals surface area contributed by atoms with E-state index in [1.54, 1.807) is 0 Å². The zero-order valence-electron chi connectivity index (χ0n) is 11.4. The summed E-state index contributed by atoms with van der Waals surface area (Å²) >= 11 is 1.37. The molecule has 0 unspecified atom stereocenters. The Kier molecular flexibility index (Phi) is 10.7. The summed E-state index contributed by atoms with van der Waals surface area (Å²) < 4.78 is 3.28. The van der Waals surface area contributed by atoms with Crippen LogP contribution >= 0.6 is 0 Å². The van der Waals surface area contributed by atoms with Gasteiger partial charge < -0.3 is 0 Å². The van der Waals surface area contributed by atoms with Gasteiger partial charge in [0.1, 0.15) is 0 Å². The van der Waals surface area contributed by atoms with E-state index in [1.807, 2.05) is 0 Å². The van der Waals surface area contributed by atoms with Crippen molar-refractivity contribution < 1.29 is 0 Å². The van der Waals surface area contributed by atoms with Gasteiger partial charge in [0.15, 0.2) is 0 Å². The SMILES string of the molecule is CCCCC(C#[C][Sn+3])(CCCC)CCCC. The van der Waals surface area contributed by atoms with Gasteiger partial charge in [-0.3, -0.25) is 0 Å². The van der Waals surface area contributed by atoms with E-state index in [1.165, 1.54) is 80.3 Å². The molecule has 0 aliphatic rings. The van der Waals surface area contributed by atoms with E-state index in [0.29, 0.717) is 5.41 Å². The molecule has 0 atom stereocenters. The van der Waals surface area contributed by atoms with E-state index >= 15 is 0 Å². The molecule has 16 heavy (non-hydrogen) atoms. The molecule has 0 amide bonds. The van der Waals surface area contributed by atoms with Gasteiger partial charge in [-0.15, -0.1) is 0 Å². The van der Waals surface area contributed by atoms with Crippen LogP contribution in [0.25, 0.3) is 0 Å². The first-order chi connectivity index (χ1) is 7.74. The van der Waals surface area contributed by atoms with Crippen molar-refractivity contribution in [3.05, 3.63) is 0 Å². The van der Waals surface area contributed by atoms with Crippen LogP contribution in [0.1, 0.15) is 78.6 Å². The quantitative estimate of drug-likeness (QED) is 0.427. The van der Waals surface area contributed by atoms with Crippen LogP contribution in [0.15, 0.2) is 0 Å². The maximum atomic E-state index is 3.59. The predicted octanol–water partition coefficient (Wildman–Crippen LogP) is 4.67. The summed E-state index contributed by atoms with van der Waals surface area (Å²) in [7, 11) is 0. The molecule has 0 rings (SSSR count). The molecule has 0 nitrogen and oxygen atoms in total. The molecule has 0 spiro atoms. The van der Waals surface area contributed by atoms with Gasteiger partial charge in [0, 0.05) is 0 Å². The summed E-state index contributed by atoms with van der Waals surface area (Å²) in [5.41, 5.74) is 0.367. The van der Waals surface area contributed by atoms with Gasteiger partial charge in [-0.05, 0) is 0 Å². The second-order valence-electron chi connectivity index (χ2n) is 4.84. The Morgan fingerprint density at radius 2 is 1.19 bits per heavy atom. The van der Waals surface area contributed by atoms with Gasteiger partial charge >= 0.3 is 116 Å². The molecule has 0 N–H and O–H groups in total. The Labute approximate surface area is 116 Å². The third-order valence-electron chi connectivity index (χ3n) is 3.35. The average molecular weight is 326 g/mol. The molecular weight excluding hydrogens is 299 g/mol.